The van der Waals surface area contributed by atoms with E-state index in [-0.39, 0.29) is 0 Å². The monoisotopic (exact) mass is 206 g/mol. The zero-order valence-electron chi connectivity index (χ0n) is 8.45. The summed E-state index contributed by atoms with van der Waals surface area (Å²) in [6, 6.07) is 6.21. The van der Waals surface area contributed by atoms with Gasteiger partial charge in [0.1, 0.15) is 0 Å². The van der Waals surface area contributed by atoms with Gasteiger partial charge in [-0.1, -0.05) is 26.0 Å². The first kappa shape index (κ1) is 9.62. The van der Waals surface area contributed by atoms with Crippen molar-refractivity contribution in [2.75, 3.05) is 0 Å². The largest absolute Gasteiger partial charge is 0.326 e. The molecule has 2 rings (SSSR count). The lowest BCUT2D eigenvalue weighted by Crippen LogP contribution is -1.96. The van der Waals surface area contributed by atoms with E-state index in [0.29, 0.717) is 12.5 Å². The molecule has 3 heteroatoms. The lowest BCUT2D eigenvalue weighted by atomic mass is 10.2. The zero-order chi connectivity index (χ0) is 10.1. The van der Waals surface area contributed by atoms with Crippen molar-refractivity contribution in [3.8, 4) is 0 Å². The van der Waals surface area contributed by atoms with Gasteiger partial charge in [-0.25, -0.2) is 4.98 Å². The van der Waals surface area contributed by atoms with Gasteiger partial charge in [-0.2, -0.15) is 0 Å². The van der Waals surface area contributed by atoms with E-state index in [9.17, 15) is 0 Å². The molecule has 0 aliphatic heterocycles. The highest BCUT2D eigenvalue weighted by Crippen LogP contribution is 2.28. The van der Waals surface area contributed by atoms with Crippen LogP contribution in [0.1, 0.15) is 30.3 Å². The number of aromatic nitrogens is 1. The Morgan fingerprint density at radius 2 is 2.21 bits per heavy atom. The number of rotatable bonds is 2. The van der Waals surface area contributed by atoms with Crippen LogP contribution >= 0.6 is 11.3 Å². The minimum atomic E-state index is 0.498. The lowest BCUT2D eigenvalue weighted by molar-refractivity contribution is 0.856. The van der Waals surface area contributed by atoms with Crippen LogP contribution in [0.5, 0.6) is 0 Å². The van der Waals surface area contributed by atoms with Crippen molar-refractivity contribution in [2.45, 2.75) is 26.3 Å². The molecule has 0 radical (unpaired) electrons. The normalized spacial score (nSPS) is 11.4. The Balaban J connectivity index is 2.64. The number of nitrogens with two attached hydrogens (primary N) is 1. The summed E-state index contributed by atoms with van der Waals surface area (Å²) in [5.74, 6) is 0.498. The van der Waals surface area contributed by atoms with Crippen molar-refractivity contribution in [3.63, 3.8) is 0 Å². The molecule has 0 bridgehead atoms. The van der Waals surface area contributed by atoms with Crippen LogP contribution in [0, 0.1) is 0 Å². The Labute approximate surface area is 87.8 Å². The molecule has 0 saturated carbocycles. The fourth-order valence-corrected chi connectivity index (χ4v) is 2.45. The van der Waals surface area contributed by atoms with Crippen LogP contribution in [-0.4, -0.2) is 4.98 Å². The predicted molar refractivity (Wildman–Crippen MR) is 61.6 cm³/mol. The van der Waals surface area contributed by atoms with E-state index >= 15 is 0 Å². The van der Waals surface area contributed by atoms with E-state index in [4.69, 9.17) is 5.73 Å². The van der Waals surface area contributed by atoms with Gasteiger partial charge in [-0.05, 0) is 11.6 Å². The van der Waals surface area contributed by atoms with E-state index in [1.54, 1.807) is 11.3 Å². The number of para-hydroxylation sites is 1. The molecule has 1 aromatic heterocycles. The third-order valence-electron chi connectivity index (χ3n) is 2.23. The highest BCUT2D eigenvalue weighted by molar-refractivity contribution is 7.18. The predicted octanol–water partition coefficient (Wildman–Crippen LogP) is 2.88. The molecule has 2 N–H and O–H groups in total. The topological polar surface area (TPSA) is 38.9 Å². The number of fused-ring (bicyclic) bond motifs is 1. The fourth-order valence-electron chi connectivity index (χ4n) is 1.43. The number of hydrogen-bond acceptors (Lipinski definition) is 3. The Morgan fingerprint density at radius 3 is 2.86 bits per heavy atom. The van der Waals surface area contributed by atoms with Gasteiger partial charge < -0.3 is 5.73 Å². The number of nitrogens with zero attached hydrogens (tertiary/aromatic N) is 1. The third kappa shape index (κ3) is 1.53. The zero-order valence-corrected chi connectivity index (χ0v) is 9.27. The molecule has 0 aliphatic carbocycles. The standard InChI is InChI=1S/C11H14N2S/c1-7(2)11-13-10-8(6-12)4-3-5-9(10)14-11/h3-5,7H,6,12H2,1-2H3. The van der Waals surface area contributed by atoms with Gasteiger partial charge in [0.05, 0.1) is 15.2 Å². The van der Waals surface area contributed by atoms with Gasteiger partial charge in [0.25, 0.3) is 0 Å². The molecule has 74 valence electrons. The molecular formula is C11H14N2S. The molecule has 2 aromatic rings. The van der Waals surface area contributed by atoms with E-state index in [2.05, 4.69) is 24.9 Å². The summed E-state index contributed by atoms with van der Waals surface area (Å²) >= 11 is 1.77. The second kappa shape index (κ2) is 3.67. The van der Waals surface area contributed by atoms with Crippen molar-refractivity contribution in [1.29, 1.82) is 0 Å². The Kier molecular flexibility index (Phi) is 2.52. The molecule has 0 unspecified atom stereocenters. The highest BCUT2D eigenvalue weighted by Gasteiger charge is 2.09. The first-order chi connectivity index (χ1) is 6.72. The summed E-state index contributed by atoms with van der Waals surface area (Å²) in [5, 5.41) is 1.20. The minimum Gasteiger partial charge on any atom is -0.326 e. The second-order valence-electron chi connectivity index (χ2n) is 3.67. The van der Waals surface area contributed by atoms with Crippen molar-refractivity contribution >= 4 is 21.6 Å². The number of thiazole rings is 1. The van der Waals surface area contributed by atoms with Crippen LogP contribution in [0.2, 0.25) is 0 Å². The fraction of sp³-hybridized carbons (Fsp3) is 0.364. The molecule has 0 fully saturated rings. The highest BCUT2D eigenvalue weighted by atomic mass is 32.1. The molecular weight excluding hydrogens is 192 g/mol. The van der Waals surface area contributed by atoms with Gasteiger partial charge in [-0.3, -0.25) is 0 Å². The molecule has 2 nitrogen and oxygen atoms in total. The van der Waals surface area contributed by atoms with Crippen molar-refractivity contribution < 1.29 is 0 Å². The summed E-state index contributed by atoms with van der Waals surface area (Å²) in [5.41, 5.74) is 7.90. The van der Waals surface area contributed by atoms with Gasteiger partial charge in [0, 0.05) is 12.5 Å². The van der Waals surface area contributed by atoms with E-state index < -0.39 is 0 Å². The molecule has 0 spiro atoms. The molecule has 0 amide bonds. The second-order valence-corrected chi connectivity index (χ2v) is 4.74. The molecule has 1 aromatic carbocycles. The smallest absolute Gasteiger partial charge is 0.0964 e. The summed E-state index contributed by atoms with van der Waals surface area (Å²) in [6.07, 6.45) is 0. The maximum Gasteiger partial charge on any atom is 0.0964 e. The average molecular weight is 206 g/mol. The van der Waals surface area contributed by atoms with Gasteiger partial charge in [0.15, 0.2) is 0 Å². The van der Waals surface area contributed by atoms with Crippen molar-refractivity contribution in [1.82, 2.24) is 4.98 Å². The van der Waals surface area contributed by atoms with E-state index in [1.165, 1.54) is 9.71 Å². The third-order valence-corrected chi connectivity index (χ3v) is 3.55. The molecule has 14 heavy (non-hydrogen) atoms. The summed E-state index contributed by atoms with van der Waals surface area (Å²) in [4.78, 5) is 4.62. The van der Waals surface area contributed by atoms with Gasteiger partial charge >= 0.3 is 0 Å². The first-order valence-corrected chi connectivity index (χ1v) is 5.62. The van der Waals surface area contributed by atoms with Crippen molar-refractivity contribution in [2.24, 2.45) is 5.73 Å². The van der Waals surface area contributed by atoms with E-state index in [0.717, 1.165) is 11.1 Å². The van der Waals surface area contributed by atoms with Crippen LogP contribution in [0.25, 0.3) is 10.2 Å². The Bertz CT molecular complexity index is 445. The Hall–Kier alpha value is -0.930. The van der Waals surface area contributed by atoms with Crippen molar-refractivity contribution in [3.05, 3.63) is 28.8 Å². The summed E-state index contributed by atoms with van der Waals surface area (Å²) < 4.78 is 1.25. The SMILES string of the molecule is CC(C)c1nc2c(CN)cccc2s1. The molecule has 1 heterocycles. The minimum absolute atomic E-state index is 0.498. The molecule has 0 aliphatic rings. The number of benzene rings is 1. The van der Waals surface area contributed by atoms with Crippen LogP contribution in [0.3, 0.4) is 0 Å². The Morgan fingerprint density at radius 1 is 1.43 bits per heavy atom. The quantitative estimate of drug-likeness (QED) is 0.820. The van der Waals surface area contributed by atoms with E-state index in [1.807, 2.05) is 12.1 Å². The van der Waals surface area contributed by atoms with Crippen LogP contribution < -0.4 is 5.73 Å². The summed E-state index contributed by atoms with van der Waals surface area (Å²) in [7, 11) is 0. The first-order valence-electron chi connectivity index (χ1n) is 4.80. The molecule has 0 saturated heterocycles. The molecule has 0 atom stereocenters. The van der Waals surface area contributed by atoms with Crippen LogP contribution in [-0.2, 0) is 6.54 Å². The average Bonchev–Trinajstić information content (AvgIpc) is 2.60. The maximum absolute atomic E-state index is 5.67. The van der Waals surface area contributed by atoms with Crippen LogP contribution in [0.15, 0.2) is 18.2 Å². The lowest BCUT2D eigenvalue weighted by Gasteiger charge is -1.96. The maximum atomic E-state index is 5.67. The van der Waals surface area contributed by atoms with Crippen LogP contribution in [0.4, 0.5) is 0 Å². The van der Waals surface area contributed by atoms with Gasteiger partial charge in [-0.15, -0.1) is 11.3 Å². The van der Waals surface area contributed by atoms with Gasteiger partial charge in [0.2, 0.25) is 0 Å². The number of hydrogen-bond donors (Lipinski definition) is 1. The summed E-state index contributed by atoms with van der Waals surface area (Å²) in [6.45, 7) is 4.90.